The van der Waals surface area contributed by atoms with Crippen molar-refractivity contribution in [3.8, 4) is 0 Å². The number of carbonyl (C=O) groups is 1. The summed E-state index contributed by atoms with van der Waals surface area (Å²) in [4.78, 5) is 38.5. The molecule has 0 amide bonds. The minimum Gasteiger partial charge on any atom is -0.308 e. The predicted molar refractivity (Wildman–Crippen MR) is 96.8 cm³/mol. The summed E-state index contributed by atoms with van der Waals surface area (Å²) in [6.07, 6.45) is 3.48. The van der Waals surface area contributed by atoms with E-state index in [1.54, 1.807) is 12.3 Å². The molecule has 1 fully saturated rings. The van der Waals surface area contributed by atoms with Gasteiger partial charge in [0, 0.05) is 18.7 Å². The number of nitrogens with one attached hydrogen (secondary N) is 1. The number of hydrogen-bond acceptors (Lipinski definition) is 6. The van der Waals surface area contributed by atoms with Crippen LogP contribution in [-0.2, 0) is 6.54 Å². The molecule has 128 valence electrons. The van der Waals surface area contributed by atoms with E-state index in [0.717, 1.165) is 24.9 Å². The van der Waals surface area contributed by atoms with Crippen molar-refractivity contribution in [2.75, 3.05) is 13.1 Å². The average molecular weight is 354 g/mol. The largest absolute Gasteiger partial charge is 0.308 e. The van der Waals surface area contributed by atoms with E-state index in [1.165, 1.54) is 11.3 Å². The second kappa shape index (κ2) is 6.85. The van der Waals surface area contributed by atoms with Gasteiger partial charge in [-0.2, -0.15) is 0 Å². The number of carbonyl (C=O) groups excluding carboxylic acids is 1. The quantitative estimate of drug-likeness (QED) is 0.728. The number of piperidine rings is 1. The maximum atomic E-state index is 12.6. The third kappa shape index (κ3) is 3.38. The molecule has 4 rings (SSSR count). The number of Topliss-reactive ketones (excluding diaryl/α,β-unsaturated/α-hetero) is 1. The zero-order chi connectivity index (χ0) is 17.2. The molecule has 3 aromatic heterocycles. The summed E-state index contributed by atoms with van der Waals surface area (Å²) >= 11 is 1.40. The van der Waals surface area contributed by atoms with E-state index in [9.17, 15) is 9.59 Å². The Bertz CT molecular complexity index is 950. The van der Waals surface area contributed by atoms with Gasteiger partial charge >= 0.3 is 0 Å². The van der Waals surface area contributed by atoms with E-state index in [4.69, 9.17) is 0 Å². The number of nitrogens with zero attached hydrogens (tertiary/aromatic N) is 3. The molecule has 1 N–H and O–H groups in total. The molecule has 1 atom stereocenters. The Morgan fingerprint density at radius 1 is 1.36 bits per heavy atom. The molecule has 0 radical (unpaired) electrons. The van der Waals surface area contributed by atoms with Crippen molar-refractivity contribution >= 4 is 27.3 Å². The van der Waals surface area contributed by atoms with Gasteiger partial charge in [0.25, 0.3) is 5.56 Å². The third-order valence-electron chi connectivity index (χ3n) is 4.53. The molecule has 0 spiro atoms. The summed E-state index contributed by atoms with van der Waals surface area (Å²) in [6, 6.07) is 7.28. The first-order valence-corrected chi connectivity index (χ1v) is 9.22. The number of likely N-dealkylation sites (tertiary alicyclic amines) is 1. The Labute approximate surface area is 148 Å². The monoisotopic (exact) mass is 354 g/mol. The highest BCUT2D eigenvalue weighted by Crippen LogP contribution is 2.21. The van der Waals surface area contributed by atoms with Gasteiger partial charge < -0.3 is 4.98 Å². The van der Waals surface area contributed by atoms with Crippen molar-refractivity contribution in [3.05, 3.63) is 57.7 Å². The Balaban J connectivity index is 1.49. The second-order valence-electron chi connectivity index (χ2n) is 6.30. The summed E-state index contributed by atoms with van der Waals surface area (Å²) < 4.78 is 0.658. The molecular formula is C18H18N4O2S. The standard InChI is InChI=1S/C18H18N4O2S/c23-16(13-5-1-2-7-19-13)12-4-3-8-22(10-12)11-15-20-14-6-9-25-17(14)18(24)21-15/h1-2,5-7,9,12H,3-4,8,10-11H2,(H,20,21,24)/t12-/m0/s1. The van der Waals surface area contributed by atoms with Crippen LogP contribution in [0.5, 0.6) is 0 Å². The van der Waals surface area contributed by atoms with Crippen molar-refractivity contribution in [1.82, 2.24) is 19.9 Å². The summed E-state index contributed by atoms with van der Waals surface area (Å²) in [5.41, 5.74) is 1.18. The Morgan fingerprint density at radius 3 is 3.12 bits per heavy atom. The fourth-order valence-corrected chi connectivity index (χ4v) is 4.06. The Hall–Kier alpha value is -2.38. The van der Waals surface area contributed by atoms with E-state index in [1.807, 2.05) is 23.6 Å². The van der Waals surface area contributed by atoms with E-state index < -0.39 is 0 Å². The number of fused-ring (bicyclic) bond motifs is 1. The van der Waals surface area contributed by atoms with E-state index in [-0.39, 0.29) is 17.3 Å². The zero-order valence-corrected chi connectivity index (χ0v) is 14.5. The molecule has 3 aromatic rings. The topological polar surface area (TPSA) is 79.0 Å². The van der Waals surface area contributed by atoms with Gasteiger partial charge in [0.2, 0.25) is 0 Å². The summed E-state index contributed by atoms with van der Waals surface area (Å²) in [6.45, 7) is 2.12. The lowest BCUT2D eigenvalue weighted by Gasteiger charge is -2.31. The maximum Gasteiger partial charge on any atom is 0.268 e. The van der Waals surface area contributed by atoms with Gasteiger partial charge in [-0.1, -0.05) is 6.07 Å². The van der Waals surface area contributed by atoms with E-state index in [2.05, 4.69) is 19.9 Å². The third-order valence-corrected chi connectivity index (χ3v) is 5.43. The van der Waals surface area contributed by atoms with Gasteiger partial charge in [0.05, 0.1) is 12.1 Å². The molecule has 0 unspecified atom stereocenters. The predicted octanol–water partition coefficient (Wildman–Crippen LogP) is 2.47. The molecule has 6 nitrogen and oxygen atoms in total. The number of ketones is 1. The lowest BCUT2D eigenvalue weighted by atomic mass is 9.92. The number of hydrogen-bond donors (Lipinski definition) is 1. The minimum atomic E-state index is -0.0897. The van der Waals surface area contributed by atoms with Crippen LogP contribution in [0.3, 0.4) is 0 Å². The summed E-state index contributed by atoms with van der Waals surface area (Å²) in [5, 5.41) is 1.87. The molecule has 1 aliphatic heterocycles. The Kier molecular flexibility index (Phi) is 4.42. The molecule has 0 bridgehead atoms. The molecule has 0 aliphatic carbocycles. The zero-order valence-electron chi connectivity index (χ0n) is 13.6. The van der Waals surface area contributed by atoms with Crippen molar-refractivity contribution in [3.63, 3.8) is 0 Å². The maximum absolute atomic E-state index is 12.6. The molecule has 7 heteroatoms. The van der Waals surface area contributed by atoms with Gasteiger partial charge in [0.1, 0.15) is 16.2 Å². The first-order valence-electron chi connectivity index (χ1n) is 8.35. The highest BCUT2D eigenvalue weighted by atomic mass is 32.1. The fourth-order valence-electron chi connectivity index (χ4n) is 3.34. The number of rotatable bonds is 4. The number of thiophene rings is 1. The van der Waals surface area contributed by atoms with E-state index >= 15 is 0 Å². The highest BCUT2D eigenvalue weighted by molar-refractivity contribution is 7.17. The van der Waals surface area contributed by atoms with Gasteiger partial charge in [-0.15, -0.1) is 11.3 Å². The average Bonchev–Trinajstić information content (AvgIpc) is 3.11. The SMILES string of the molecule is O=C(c1ccccn1)[C@H]1CCCN(Cc2nc3ccsc3c(=O)[nH]2)C1. The van der Waals surface area contributed by atoms with Crippen LogP contribution in [0.4, 0.5) is 0 Å². The molecule has 0 saturated carbocycles. The number of H-pyrrole nitrogens is 1. The van der Waals surface area contributed by atoms with Crippen LogP contribution in [0.2, 0.25) is 0 Å². The Morgan fingerprint density at radius 2 is 2.28 bits per heavy atom. The van der Waals surface area contributed by atoms with Crippen LogP contribution in [-0.4, -0.2) is 38.7 Å². The molecule has 4 heterocycles. The van der Waals surface area contributed by atoms with Crippen LogP contribution in [0.25, 0.3) is 10.2 Å². The van der Waals surface area contributed by atoms with Crippen molar-refractivity contribution < 1.29 is 4.79 Å². The minimum absolute atomic E-state index is 0.0553. The first-order chi connectivity index (χ1) is 12.2. The van der Waals surface area contributed by atoms with Crippen LogP contribution in [0, 0.1) is 5.92 Å². The number of aromatic amines is 1. The number of pyridine rings is 1. The lowest BCUT2D eigenvalue weighted by molar-refractivity contribution is 0.0803. The van der Waals surface area contributed by atoms with E-state index in [0.29, 0.717) is 29.3 Å². The van der Waals surface area contributed by atoms with Gasteiger partial charge in [0.15, 0.2) is 5.78 Å². The fraction of sp³-hybridized carbons (Fsp3) is 0.333. The molecule has 25 heavy (non-hydrogen) atoms. The molecule has 1 saturated heterocycles. The van der Waals surface area contributed by atoms with Crippen molar-refractivity contribution in [2.45, 2.75) is 19.4 Å². The summed E-state index contributed by atoms with van der Waals surface area (Å²) in [7, 11) is 0. The van der Waals surface area contributed by atoms with Crippen LogP contribution < -0.4 is 5.56 Å². The van der Waals surface area contributed by atoms with Gasteiger partial charge in [-0.05, 0) is 43.0 Å². The van der Waals surface area contributed by atoms with Crippen molar-refractivity contribution in [1.29, 1.82) is 0 Å². The molecule has 1 aliphatic rings. The van der Waals surface area contributed by atoms with Gasteiger partial charge in [-0.25, -0.2) is 4.98 Å². The van der Waals surface area contributed by atoms with Crippen LogP contribution in [0.15, 0.2) is 40.6 Å². The number of aromatic nitrogens is 3. The lowest BCUT2D eigenvalue weighted by Crippen LogP contribution is -2.39. The first kappa shape index (κ1) is 16.1. The van der Waals surface area contributed by atoms with Crippen molar-refractivity contribution in [2.24, 2.45) is 5.92 Å². The van der Waals surface area contributed by atoms with Gasteiger partial charge in [-0.3, -0.25) is 19.5 Å². The summed E-state index contributed by atoms with van der Waals surface area (Å²) in [5.74, 6) is 0.696. The smallest absolute Gasteiger partial charge is 0.268 e. The normalized spacial score (nSPS) is 18.5. The highest BCUT2D eigenvalue weighted by Gasteiger charge is 2.27. The molecule has 0 aromatic carbocycles. The van der Waals surface area contributed by atoms with Crippen LogP contribution in [0.1, 0.15) is 29.2 Å². The molecular weight excluding hydrogens is 336 g/mol. The van der Waals surface area contributed by atoms with Crippen LogP contribution >= 0.6 is 11.3 Å². The second-order valence-corrected chi connectivity index (χ2v) is 7.22.